The van der Waals surface area contributed by atoms with Crippen LogP contribution in [0, 0.1) is 0 Å². The first kappa shape index (κ1) is 19.6. The average molecular weight is 422 g/mol. The highest BCUT2D eigenvalue weighted by Gasteiger charge is 2.37. The Morgan fingerprint density at radius 2 is 1.44 bits per heavy atom. The molecular weight excluding hydrogens is 400 g/mol. The van der Waals surface area contributed by atoms with Crippen LogP contribution in [0.1, 0.15) is 16.7 Å². The van der Waals surface area contributed by atoms with E-state index in [4.69, 9.17) is 10.5 Å². The molecular formula is C25H22N6O. The van der Waals surface area contributed by atoms with E-state index in [9.17, 15) is 0 Å². The number of nitrogens with two attached hydrogens (primary N) is 1. The molecule has 158 valence electrons. The van der Waals surface area contributed by atoms with Crippen molar-refractivity contribution in [3.05, 3.63) is 114 Å². The van der Waals surface area contributed by atoms with E-state index in [1.807, 2.05) is 48.5 Å². The van der Waals surface area contributed by atoms with Crippen molar-refractivity contribution in [2.75, 3.05) is 18.2 Å². The van der Waals surface area contributed by atoms with E-state index in [1.165, 1.54) is 0 Å². The van der Waals surface area contributed by atoms with Gasteiger partial charge in [0.25, 0.3) is 0 Å². The number of aromatic nitrogens is 4. The van der Waals surface area contributed by atoms with E-state index in [2.05, 4.69) is 56.8 Å². The number of anilines is 2. The van der Waals surface area contributed by atoms with E-state index in [0.717, 1.165) is 22.4 Å². The molecule has 0 saturated heterocycles. The Balaban J connectivity index is 1.81. The lowest BCUT2D eigenvalue weighted by molar-refractivity contribution is 0.414. The lowest BCUT2D eigenvalue weighted by Gasteiger charge is -2.37. The van der Waals surface area contributed by atoms with E-state index in [1.54, 1.807) is 24.0 Å². The lowest BCUT2D eigenvalue weighted by Crippen LogP contribution is -2.38. The third-order valence-corrected chi connectivity index (χ3v) is 5.51. The van der Waals surface area contributed by atoms with Crippen molar-refractivity contribution >= 4 is 17.4 Å². The monoisotopic (exact) mass is 422 g/mol. The number of fused-ring (bicyclic) bond motifs is 1. The molecule has 2 aromatic heterocycles. The van der Waals surface area contributed by atoms with Crippen LogP contribution in [0.2, 0.25) is 0 Å². The zero-order valence-electron chi connectivity index (χ0n) is 17.5. The van der Waals surface area contributed by atoms with Gasteiger partial charge in [-0.15, -0.1) is 5.10 Å². The minimum atomic E-state index is -0.776. The first-order valence-corrected chi connectivity index (χ1v) is 10.2. The quantitative estimate of drug-likeness (QED) is 0.400. The zero-order valence-corrected chi connectivity index (χ0v) is 17.5. The van der Waals surface area contributed by atoms with Gasteiger partial charge in [-0.05, 0) is 28.8 Å². The molecule has 7 nitrogen and oxygen atoms in total. The molecule has 0 aliphatic rings. The van der Waals surface area contributed by atoms with E-state index >= 15 is 0 Å². The molecule has 0 saturated carbocycles. The largest absolute Gasteiger partial charge is 0.497 e. The summed E-state index contributed by atoms with van der Waals surface area (Å²) in [6.07, 6.45) is 3.42. The molecule has 2 heterocycles. The summed E-state index contributed by atoms with van der Waals surface area (Å²) in [4.78, 5) is 8.97. The first-order valence-electron chi connectivity index (χ1n) is 10.2. The fourth-order valence-corrected chi connectivity index (χ4v) is 4.04. The van der Waals surface area contributed by atoms with Crippen LogP contribution in [0.3, 0.4) is 0 Å². The summed E-state index contributed by atoms with van der Waals surface area (Å²) in [5, 5.41) is 7.93. The number of nitrogen functional groups attached to an aromatic ring is 1. The molecule has 0 radical (unpaired) electrons. The molecule has 5 rings (SSSR count). The molecule has 0 atom stereocenters. The maximum absolute atomic E-state index is 6.03. The van der Waals surface area contributed by atoms with Gasteiger partial charge in [0.2, 0.25) is 5.95 Å². The van der Waals surface area contributed by atoms with Crippen LogP contribution in [0.25, 0.3) is 5.65 Å². The smallest absolute Gasteiger partial charge is 0.240 e. The van der Waals surface area contributed by atoms with Gasteiger partial charge in [-0.25, -0.2) is 9.50 Å². The maximum atomic E-state index is 6.03. The summed E-state index contributed by atoms with van der Waals surface area (Å²) in [6.45, 7) is 0. The van der Waals surface area contributed by atoms with Crippen molar-refractivity contribution in [2.24, 2.45) is 0 Å². The summed E-state index contributed by atoms with van der Waals surface area (Å²) in [5.74, 6) is 1.47. The Labute approximate surface area is 185 Å². The summed E-state index contributed by atoms with van der Waals surface area (Å²) < 4.78 is 7.03. The summed E-state index contributed by atoms with van der Waals surface area (Å²) in [5.41, 5.74) is 8.93. The van der Waals surface area contributed by atoms with Gasteiger partial charge in [0.1, 0.15) is 11.3 Å². The van der Waals surface area contributed by atoms with Gasteiger partial charge >= 0.3 is 0 Å². The second-order valence-electron chi connectivity index (χ2n) is 7.35. The number of benzene rings is 3. The fourth-order valence-electron chi connectivity index (χ4n) is 4.04. The minimum absolute atomic E-state index is 0.155. The SMILES string of the molecule is COc1ccc(C(Nc2nc(N)nn3ccnc23)(c2ccccc2)c2ccccc2)cc1. The Bertz CT molecular complexity index is 1290. The Morgan fingerprint density at radius 1 is 0.844 bits per heavy atom. The molecule has 0 aliphatic heterocycles. The van der Waals surface area contributed by atoms with Crippen LogP contribution in [0.4, 0.5) is 11.8 Å². The van der Waals surface area contributed by atoms with Crippen molar-refractivity contribution < 1.29 is 4.74 Å². The second kappa shape index (κ2) is 8.03. The van der Waals surface area contributed by atoms with Crippen molar-refractivity contribution in [2.45, 2.75) is 5.54 Å². The Hall–Kier alpha value is -4.39. The van der Waals surface area contributed by atoms with Gasteiger partial charge in [-0.1, -0.05) is 72.8 Å². The summed E-state index contributed by atoms with van der Waals surface area (Å²) >= 11 is 0. The number of rotatable bonds is 6. The van der Waals surface area contributed by atoms with Crippen LogP contribution in [0.15, 0.2) is 97.3 Å². The normalized spacial score (nSPS) is 11.4. The van der Waals surface area contributed by atoms with Crippen molar-refractivity contribution in [1.29, 1.82) is 0 Å². The van der Waals surface area contributed by atoms with E-state index in [-0.39, 0.29) is 5.95 Å². The van der Waals surface area contributed by atoms with Crippen molar-refractivity contribution in [3.63, 3.8) is 0 Å². The highest BCUT2D eigenvalue weighted by atomic mass is 16.5. The Kier molecular flexibility index (Phi) is 4.91. The molecule has 0 unspecified atom stereocenters. The Morgan fingerprint density at radius 3 is 2.03 bits per heavy atom. The molecule has 0 fully saturated rings. The molecule has 0 spiro atoms. The highest BCUT2D eigenvalue weighted by molar-refractivity contribution is 5.69. The molecule has 0 amide bonds. The van der Waals surface area contributed by atoms with Gasteiger partial charge in [0.05, 0.1) is 7.11 Å². The van der Waals surface area contributed by atoms with E-state index in [0.29, 0.717) is 11.5 Å². The lowest BCUT2D eigenvalue weighted by atomic mass is 9.77. The van der Waals surface area contributed by atoms with Crippen LogP contribution in [-0.4, -0.2) is 26.7 Å². The van der Waals surface area contributed by atoms with Crippen molar-refractivity contribution in [3.8, 4) is 5.75 Å². The number of nitrogens with one attached hydrogen (secondary N) is 1. The van der Waals surface area contributed by atoms with Gasteiger partial charge in [0, 0.05) is 12.4 Å². The van der Waals surface area contributed by atoms with Crippen LogP contribution < -0.4 is 15.8 Å². The van der Waals surface area contributed by atoms with Crippen LogP contribution >= 0.6 is 0 Å². The van der Waals surface area contributed by atoms with Gasteiger partial charge in [0.15, 0.2) is 11.5 Å². The van der Waals surface area contributed by atoms with E-state index < -0.39 is 5.54 Å². The van der Waals surface area contributed by atoms with Gasteiger partial charge in [-0.2, -0.15) is 4.98 Å². The van der Waals surface area contributed by atoms with Gasteiger partial charge < -0.3 is 15.8 Å². The number of methoxy groups -OCH3 is 1. The topological polar surface area (TPSA) is 90.4 Å². The average Bonchev–Trinajstić information content (AvgIpc) is 3.32. The number of hydrogen-bond donors (Lipinski definition) is 2. The molecule has 0 aliphatic carbocycles. The third-order valence-electron chi connectivity index (χ3n) is 5.51. The summed E-state index contributed by atoms with van der Waals surface area (Å²) in [6, 6.07) is 28.5. The fraction of sp³-hybridized carbons (Fsp3) is 0.0800. The van der Waals surface area contributed by atoms with Crippen LogP contribution in [0.5, 0.6) is 5.75 Å². The number of ether oxygens (including phenoxy) is 1. The zero-order chi connectivity index (χ0) is 22.0. The second-order valence-corrected chi connectivity index (χ2v) is 7.35. The minimum Gasteiger partial charge on any atom is -0.497 e. The predicted molar refractivity (Wildman–Crippen MR) is 125 cm³/mol. The number of imidazole rings is 1. The number of hydrogen-bond acceptors (Lipinski definition) is 6. The molecule has 3 N–H and O–H groups in total. The standard InChI is InChI=1S/C25H22N6O/c1-32-21-14-12-20(13-15-21)25(18-8-4-2-5-9-18,19-10-6-3-7-11-19)29-22-23-27-16-17-31(23)30-24(26)28-22/h2-17H,1H3,(H3,26,28,29,30). The maximum Gasteiger partial charge on any atom is 0.240 e. The molecule has 0 bridgehead atoms. The predicted octanol–water partition coefficient (Wildman–Crippen LogP) is 4.12. The molecule has 7 heteroatoms. The third kappa shape index (κ3) is 3.30. The van der Waals surface area contributed by atoms with Crippen LogP contribution in [-0.2, 0) is 5.54 Å². The molecule has 3 aromatic carbocycles. The number of nitrogens with zero attached hydrogens (tertiary/aromatic N) is 4. The summed E-state index contributed by atoms with van der Waals surface area (Å²) in [7, 11) is 1.66. The van der Waals surface area contributed by atoms with Crippen molar-refractivity contribution in [1.82, 2.24) is 19.6 Å². The van der Waals surface area contributed by atoms with Gasteiger partial charge in [-0.3, -0.25) is 0 Å². The molecule has 5 aromatic rings. The highest BCUT2D eigenvalue weighted by Crippen LogP contribution is 2.40. The molecule has 32 heavy (non-hydrogen) atoms. The first-order chi connectivity index (χ1) is 15.7.